The van der Waals surface area contributed by atoms with Crippen LogP contribution in [0.3, 0.4) is 0 Å². The molecular weight excluding hydrogens is 148 g/mol. The van der Waals surface area contributed by atoms with Gasteiger partial charge in [0, 0.05) is 14.1 Å². The molecule has 0 heterocycles. The zero-order valence-corrected chi connectivity index (χ0v) is 7.78. The summed E-state index contributed by atoms with van der Waals surface area (Å²) in [6.07, 6.45) is 1.80. The summed E-state index contributed by atoms with van der Waals surface area (Å²) in [5.41, 5.74) is 2.26. The van der Waals surface area contributed by atoms with Gasteiger partial charge >= 0.3 is 0 Å². The van der Waals surface area contributed by atoms with Gasteiger partial charge in [-0.25, -0.2) is 4.99 Å². The van der Waals surface area contributed by atoms with Gasteiger partial charge in [-0.05, 0) is 19.1 Å². The van der Waals surface area contributed by atoms with Gasteiger partial charge in [0.2, 0.25) is 0 Å². The van der Waals surface area contributed by atoms with E-state index in [1.807, 2.05) is 31.1 Å². The summed E-state index contributed by atoms with van der Waals surface area (Å²) < 4.78 is 0. The lowest BCUT2D eigenvalue weighted by atomic mass is 10.2. The van der Waals surface area contributed by atoms with Gasteiger partial charge in [-0.15, -0.1) is 0 Å². The van der Waals surface area contributed by atoms with Crippen molar-refractivity contribution in [3.05, 3.63) is 29.8 Å². The molecule has 0 saturated carbocycles. The van der Waals surface area contributed by atoms with E-state index in [2.05, 4.69) is 24.0 Å². The lowest BCUT2D eigenvalue weighted by Crippen LogP contribution is -2.06. The Morgan fingerprint density at radius 3 is 2.25 bits per heavy atom. The summed E-state index contributed by atoms with van der Waals surface area (Å²) in [6.45, 7) is 2.07. The van der Waals surface area contributed by atoms with Crippen LogP contribution in [0, 0.1) is 6.92 Å². The third-order valence-electron chi connectivity index (χ3n) is 1.47. The number of benzene rings is 1. The van der Waals surface area contributed by atoms with Crippen LogP contribution in [0.25, 0.3) is 0 Å². The molecule has 0 saturated heterocycles. The van der Waals surface area contributed by atoms with Gasteiger partial charge in [-0.1, -0.05) is 17.7 Å². The molecule has 0 bridgehead atoms. The summed E-state index contributed by atoms with van der Waals surface area (Å²) in [5.74, 6) is 0. The summed E-state index contributed by atoms with van der Waals surface area (Å²) >= 11 is 0. The predicted molar refractivity (Wildman–Crippen MR) is 53.0 cm³/mol. The number of aliphatic imine (C=N–C) groups is 1. The molecule has 1 aromatic carbocycles. The van der Waals surface area contributed by atoms with Crippen LogP contribution in [0.2, 0.25) is 0 Å². The van der Waals surface area contributed by atoms with E-state index in [0.29, 0.717) is 0 Å². The Hall–Kier alpha value is -1.31. The molecule has 12 heavy (non-hydrogen) atoms. The van der Waals surface area contributed by atoms with Crippen LogP contribution < -0.4 is 0 Å². The maximum absolute atomic E-state index is 4.25. The van der Waals surface area contributed by atoms with Crippen molar-refractivity contribution in [1.29, 1.82) is 0 Å². The second-order valence-electron chi connectivity index (χ2n) is 3.04. The van der Waals surface area contributed by atoms with Crippen LogP contribution in [-0.4, -0.2) is 25.3 Å². The molecule has 0 fully saturated rings. The molecule has 0 aromatic heterocycles. The van der Waals surface area contributed by atoms with E-state index in [-0.39, 0.29) is 0 Å². The lowest BCUT2D eigenvalue weighted by Gasteiger charge is -2.01. The van der Waals surface area contributed by atoms with Gasteiger partial charge in [0.25, 0.3) is 0 Å². The Labute approximate surface area is 73.5 Å². The smallest absolute Gasteiger partial charge is 0.0907 e. The second kappa shape index (κ2) is 3.90. The minimum Gasteiger partial charge on any atom is -0.369 e. The third kappa shape index (κ3) is 2.74. The van der Waals surface area contributed by atoms with Crippen LogP contribution in [0.4, 0.5) is 5.69 Å². The highest BCUT2D eigenvalue weighted by atomic mass is 15.1. The van der Waals surface area contributed by atoms with Crippen molar-refractivity contribution in [2.45, 2.75) is 6.92 Å². The fourth-order valence-corrected chi connectivity index (χ4v) is 0.813. The van der Waals surface area contributed by atoms with E-state index in [1.54, 1.807) is 6.34 Å². The molecule has 0 atom stereocenters. The number of aryl methyl sites for hydroxylation is 1. The van der Waals surface area contributed by atoms with Crippen LogP contribution in [0.1, 0.15) is 5.56 Å². The average molecular weight is 162 g/mol. The second-order valence-corrected chi connectivity index (χ2v) is 3.04. The van der Waals surface area contributed by atoms with Crippen molar-refractivity contribution in [3.63, 3.8) is 0 Å². The fraction of sp³-hybridized carbons (Fsp3) is 0.300. The maximum atomic E-state index is 4.25. The highest BCUT2D eigenvalue weighted by Crippen LogP contribution is 2.11. The van der Waals surface area contributed by atoms with E-state index >= 15 is 0 Å². The minimum absolute atomic E-state index is 0.995. The molecular formula is C10H14N2. The average Bonchev–Trinajstić information content (AvgIpc) is 2.03. The summed E-state index contributed by atoms with van der Waals surface area (Å²) in [5, 5.41) is 0. The minimum atomic E-state index is 0.995. The van der Waals surface area contributed by atoms with Crippen molar-refractivity contribution in [2.75, 3.05) is 14.1 Å². The lowest BCUT2D eigenvalue weighted by molar-refractivity contribution is 0.643. The van der Waals surface area contributed by atoms with Crippen LogP contribution in [-0.2, 0) is 0 Å². The largest absolute Gasteiger partial charge is 0.369 e. The van der Waals surface area contributed by atoms with Crippen molar-refractivity contribution < 1.29 is 0 Å². The van der Waals surface area contributed by atoms with E-state index in [1.165, 1.54) is 5.56 Å². The molecule has 2 nitrogen and oxygen atoms in total. The van der Waals surface area contributed by atoms with Crippen molar-refractivity contribution in [1.82, 2.24) is 4.90 Å². The molecule has 0 amide bonds. The first-order valence-electron chi connectivity index (χ1n) is 3.96. The van der Waals surface area contributed by atoms with Crippen LogP contribution in [0.15, 0.2) is 29.3 Å². The monoisotopic (exact) mass is 162 g/mol. The molecule has 0 radical (unpaired) electrons. The SMILES string of the molecule is Cc1ccc(N=CN(C)C)cc1. The summed E-state index contributed by atoms with van der Waals surface area (Å²) in [7, 11) is 3.91. The van der Waals surface area contributed by atoms with E-state index in [4.69, 9.17) is 0 Å². The van der Waals surface area contributed by atoms with Gasteiger partial charge < -0.3 is 4.90 Å². The molecule has 1 aromatic rings. The maximum Gasteiger partial charge on any atom is 0.0907 e. The van der Waals surface area contributed by atoms with Gasteiger partial charge in [0.1, 0.15) is 0 Å². The highest BCUT2D eigenvalue weighted by Gasteiger charge is 1.86. The molecule has 0 spiro atoms. The molecule has 2 heteroatoms. The number of nitrogens with zero attached hydrogens (tertiary/aromatic N) is 2. The van der Waals surface area contributed by atoms with E-state index in [0.717, 1.165) is 5.69 Å². The standard InChI is InChI=1S/C10H14N2/c1-9-4-6-10(7-5-9)11-8-12(2)3/h4-8H,1-3H3. The fourth-order valence-electron chi connectivity index (χ4n) is 0.813. The first-order valence-corrected chi connectivity index (χ1v) is 3.96. The van der Waals surface area contributed by atoms with E-state index < -0.39 is 0 Å². The van der Waals surface area contributed by atoms with Gasteiger partial charge in [-0.3, -0.25) is 0 Å². The van der Waals surface area contributed by atoms with E-state index in [9.17, 15) is 0 Å². The summed E-state index contributed by atoms with van der Waals surface area (Å²) in [4.78, 5) is 6.16. The topological polar surface area (TPSA) is 15.6 Å². The normalized spacial score (nSPS) is 10.6. The van der Waals surface area contributed by atoms with Crippen molar-refractivity contribution >= 4 is 12.0 Å². The van der Waals surface area contributed by atoms with Crippen molar-refractivity contribution in [2.24, 2.45) is 4.99 Å². The quantitative estimate of drug-likeness (QED) is 0.481. The molecule has 64 valence electrons. The molecule has 0 aliphatic heterocycles. The zero-order valence-electron chi connectivity index (χ0n) is 7.78. The molecule has 0 aliphatic rings. The molecule has 1 rings (SSSR count). The number of hydrogen-bond donors (Lipinski definition) is 0. The Kier molecular flexibility index (Phi) is 2.86. The molecule has 0 N–H and O–H groups in total. The predicted octanol–water partition coefficient (Wildman–Crippen LogP) is 2.22. The Balaban J connectivity index is 2.71. The Morgan fingerprint density at radius 2 is 1.75 bits per heavy atom. The van der Waals surface area contributed by atoms with Gasteiger partial charge in [0.15, 0.2) is 0 Å². The Bertz CT molecular complexity index is 260. The van der Waals surface area contributed by atoms with Crippen LogP contribution in [0.5, 0.6) is 0 Å². The first-order chi connectivity index (χ1) is 5.68. The highest BCUT2D eigenvalue weighted by molar-refractivity contribution is 5.60. The summed E-state index contributed by atoms with van der Waals surface area (Å²) in [6, 6.07) is 8.13. The number of hydrogen-bond acceptors (Lipinski definition) is 1. The van der Waals surface area contributed by atoms with Crippen molar-refractivity contribution in [3.8, 4) is 0 Å². The first kappa shape index (κ1) is 8.78. The molecule has 0 aliphatic carbocycles. The number of rotatable bonds is 2. The van der Waals surface area contributed by atoms with Gasteiger partial charge in [0.05, 0.1) is 12.0 Å². The zero-order chi connectivity index (χ0) is 8.97. The Morgan fingerprint density at radius 1 is 1.17 bits per heavy atom. The third-order valence-corrected chi connectivity index (χ3v) is 1.47. The van der Waals surface area contributed by atoms with Crippen LogP contribution >= 0.6 is 0 Å². The molecule has 0 unspecified atom stereocenters. The van der Waals surface area contributed by atoms with Gasteiger partial charge in [-0.2, -0.15) is 0 Å².